The molecule has 24 heavy (non-hydrogen) atoms. The first-order valence-corrected chi connectivity index (χ1v) is 8.72. The predicted octanol–water partition coefficient (Wildman–Crippen LogP) is 2.97. The van der Waals surface area contributed by atoms with Gasteiger partial charge < -0.3 is 10.6 Å². The zero-order chi connectivity index (χ0) is 16.9. The fourth-order valence-corrected chi connectivity index (χ4v) is 3.61. The maximum atomic E-state index is 12.2. The molecule has 0 saturated heterocycles. The van der Waals surface area contributed by atoms with Crippen LogP contribution in [0.4, 0.5) is 5.69 Å². The van der Waals surface area contributed by atoms with Crippen LogP contribution in [0, 0.1) is 19.8 Å². The number of H-pyrrole nitrogens is 1. The molecule has 128 valence electrons. The van der Waals surface area contributed by atoms with Gasteiger partial charge in [-0.1, -0.05) is 36.8 Å². The van der Waals surface area contributed by atoms with Gasteiger partial charge in [-0.3, -0.25) is 9.89 Å². The number of benzene rings is 1. The average molecular weight is 326 g/mol. The Labute approximate surface area is 143 Å². The highest BCUT2D eigenvalue weighted by molar-refractivity contribution is 5.93. The summed E-state index contributed by atoms with van der Waals surface area (Å²) in [5, 5.41) is 13.4. The maximum absolute atomic E-state index is 12.2. The zero-order valence-corrected chi connectivity index (χ0v) is 14.4. The van der Waals surface area contributed by atoms with Crippen LogP contribution in [-0.4, -0.2) is 28.7 Å². The lowest BCUT2D eigenvalue weighted by atomic mass is 9.94. The second-order valence-electron chi connectivity index (χ2n) is 6.73. The average Bonchev–Trinajstić information content (AvgIpc) is 3.15. The number of amides is 1. The Kier molecular flexibility index (Phi) is 5.30. The van der Waals surface area contributed by atoms with Crippen molar-refractivity contribution in [1.29, 1.82) is 0 Å². The second kappa shape index (κ2) is 7.62. The molecule has 3 rings (SSSR count). The Hall–Kier alpha value is -2.14. The number of aromatic nitrogens is 2. The largest absolute Gasteiger partial charge is 0.322 e. The van der Waals surface area contributed by atoms with Crippen LogP contribution in [-0.2, 0) is 11.2 Å². The Balaban J connectivity index is 1.51. The molecule has 1 fully saturated rings. The molecule has 1 saturated carbocycles. The quantitative estimate of drug-likeness (QED) is 0.764. The normalized spacial score (nSPS) is 20.2. The molecule has 2 aromatic rings. The number of carbonyl (C=O) groups is 1. The highest BCUT2D eigenvalue weighted by Gasteiger charge is 2.27. The number of nitrogens with one attached hydrogen (secondary N) is 3. The SMILES string of the molecule is Cc1n[nH]c(C)c1NC(=O)CN[C@@H]1CCC[C@H]1Cc1ccccc1. The Morgan fingerprint density at radius 1 is 1.25 bits per heavy atom. The summed E-state index contributed by atoms with van der Waals surface area (Å²) >= 11 is 0. The molecule has 5 nitrogen and oxygen atoms in total. The van der Waals surface area contributed by atoms with Crippen molar-refractivity contribution in [3.8, 4) is 0 Å². The van der Waals surface area contributed by atoms with Crippen LogP contribution in [0.3, 0.4) is 0 Å². The molecule has 5 heteroatoms. The monoisotopic (exact) mass is 326 g/mol. The molecular formula is C19H26N4O. The molecule has 0 radical (unpaired) electrons. The van der Waals surface area contributed by atoms with Gasteiger partial charge in [0, 0.05) is 6.04 Å². The first-order valence-electron chi connectivity index (χ1n) is 8.72. The summed E-state index contributed by atoms with van der Waals surface area (Å²) < 4.78 is 0. The van der Waals surface area contributed by atoms with E-state index >= 15 is 0 Å². The molecule has 1 amide bonds. The van der Waals surface area contributed by atoms with Crippen molar-refractivity contribution in [3.05, 3.63) is 47.3 Å². The minimum absolute atomic E-state index is 0.00652. The van der Waals surface area contributed by atoms with Crippen LogP contribution in [0.2, 0.25) is 0 Å². The van der Waals surface area contributed by atoms with Gasteiger partial charge in [-0.2, -0.15) is 5.10 Å². The Morgan fingerprint density at radius 3 is 2.75 bits per heavy atom. The van der Waals surface area contributed by atoms with Crippen LogP contribution >= 0.6 is 0 Å². The summed E-state index contributed by atoms with van der Waals surface area (Å²) in [6, 6.07) is 11.0. The molecule has 1 aromatic carbocycles. The summed E-state index contributed by atoms with van der Waals surface area (Å²) in [6.07, 6.45) is 4.69. The molecule has 1 aliphatic carbocycles. The lowest BCUT2D eigenvalue weighted by Gasteiger charge is -2.21. The Bertz CT molecular complexity index is 660. The van der Waals surface area contributed by atoms with E-state index in [1.54, 1.807) is 0 Å². The van der Waals surface area contributed by atoms with Gasteiger partial charge in [0.25, 0.3) is 0 Å². The minimum atomic E-state index is -0.00652. The molecule has 3 N–H and O–H groups in total. The van der Waals surface area contributed by atoms with Crippen molar-refractivity contribution in [3.63, 3.8) is 0 Å². The molecule has 0 aliphatic heterocycles. The van der Waals surface area contributed by atoms with Crippen molar-refractivity contribution >= 4 is 11.6 Å². The first-order chi connectivity index (χ1) is 11.6. The van der Waals surface area contributed by atoms with Crippen molar-refractivity contribution in [2.45, 2.75) is 45.6 Å². The smallest absolute Gasteiger partial charge is 0.238 e. The fraction of sp³-hybridized carbons (Fsp3) is 0.474. The van der Waals surface area contributed by atoms with E-state index in [4.69, 9.17) is 0 Å². The first kappa shape index (κ1) is 16.7. The van der Waals surface area contributed by atoms with Crippen molar-refractivity contribution in [2.24, 2.45) is 5.92 Å². The van der Waals surface area contributed by atoms with Crippen LogP contribution in [0.15, 0.2) is 30.3 Å². The molecule has 1 heterocycles. The van der Waals surface area contributed by atoms with E-state index in [-0.39, 0.29) is 5.91 Å². The molecule has 0 unspecified atom stereocenters. The number of anilines is 1. The van der Waals surface area contributed by atoms with E-state index in [0.717, 1.165) is 29.9 Å². The number of nitrogens with zero attached hydrogens (tertiary/aromatic N) is 1. The van der Waals surface area contributed by atoms with E-state index in [1.165, 1.54) is 18.4 Å². The van der Waals surface area contributed by atoms with Gasteiger partial charge in [-0.05, 0) is 44.6 Å². The summed E-state index contributed by atoms with van der Waals surface area (Å²) in [4.78, 5) is 12.2. The van der Waals surface area contributed by atoms with Crippen LogP contribution in [0.5, 0.6) is 0 Å². The summed E-state index contributed by atoms with van der Waals surface area (Å²) in [7, 11) is 0. The van der Waals surface area contributed by atoms with Gasteiger partial charge in [0.2, 0.25) is 5.91 Å². The van der Waals surface area contributed by atoms with E-state index < -0.39 is 0 Å². The van der Waals surface area contributed by atoms with Gasteiger partial charge >= 0.3 is 0 Å². The number of aryl methyl sites for hydroxylation is 2. The third-order valence-corrected chi connectivity index (χ3v) is 4.92. The molecule has 2 atom stereocenters. The van der Waals surface area contributed by atoms with E-state index in [9.17, 15) is 4.79 Å². The van der Waals surface area contributed by atoms with E-state index in [2.05, 4.69) is 51.2 Å². The molecular weight excluding hydrogens is 300 g/mol. The predicted molar refractivity (Wildman–Crippen MR) is 96.0 cm³/mol. The van der Waals surface area contributed by atoms with E-state index in [0.29, 0.717) is 18.5 Å². The number of rotatable bonds is 6. The van der Waals surface area contributed by atoms with Gasteiger partial charge in [0.1, 0.15) is 0 Å². The molecule has 1 aromatic heterocycles. The fourth-order valence-electron chi connectivity index (χ4n) is 3.61. The third kappa shape index (κ3) is 4.03. The lowest BCUT2D eigenvalue weighted by Crippen LogP contribution is -2.39. The third-order valence-electron chi connectivity index (χ3n) is 4.92. The number of hydrogen-bond donors (Lipinski definition) is 3. The zero-order valence-electron chi connectivity index (χ0n) is 14.4. The molecule has 0 bridgehead atoms. The van der Waals surface area contributed by atoms with Crippen molar-refractivity contribution in [1.82, 2.24) is 15.5 Å². The number of carbonyl (C=O) groups excluding carboxylic acids is 1. The van der Waals surface area contributed by atoms with Crippen molar-refractivity contribution < 1.29 is 4.79 Å². The summed E-state index contributed by atoms with van der Waals surface area (Å²) in [5.74, 6) is 0.602. The van der Waals surface area contributed by atoms with Crippen LogP contribution < -0.4 is 10.6 Å². The Morgan fingerprint density at radius 2 is 2.04 bits per heavy atom. The highest BCUT2D eigenvalue weighted by Crippen LogP contribution is 2.28. The molecule has 0 spiro atoms. The standard InChI is InChI=1S/C19H26N4O/c1-13-19(14(2)23-22-13)21-18(24)12-20-17-10-6-9-16(17)11-15-7-4-3-5-8-15/h3-5,7-8,16-17,20H,6,9-12H2,1-2H3,(H,21,24)(H,22,23)/t16-,17+/m0/s1. The second-order valence-corrected chi connectivity index (χ2v) is 6.73. The van der Waals surface area contributed by atoms with Gasteiger partial charge in [0.15, 0.2) is 0 Å². The summed E-state index contributed by atoms with van der Waals surface area (Å²) in [5.41, 5.74) is 3.90. The van der Waals surface area contributed by atoms with Gasteiger partial charge in [-0.15, -0.1) is 0 Å². The van der Waals surface area contributed by atoms with Crippen LogP contribution in [0.25, 0.3) is 0 Å². The van der Waals surface area contributed by atoms with Crippen LogP contribution in [0.1, 0.15) is 36.2 Å². The molecule has 1 aliphatic rings. The van der Waals surface area contributed by atoms with E-state index in [1.807, 2.05) is 13.8 Å². The number of hydrogen-bond acceptors (Lipinski definition) is 3. The lowest BCUT2D eigenvalue weighted by molar-refractivity contribution is -0.115. The van der Waals surface area contributed by atoms with Crippen molar-refractivity contribution in [2.75, 3.05) is 11.9 Å². The van der Waals surface area contributed by atoms with Gasteiger partial charge in [-0.25, -0.2) is 0 Å². The summed E-state index contributed by atoms with van der Waals surface area (Å²) in [6.45, 7) is 4.15. The van der Waals surface area contributed by atoms with Gasteiger partial charge in [0.05, 0.1) is 23.6 Å². The maximum Gasteiger partial charge on any atom is 0.238 e. The number of aromatic amines is 1. The minimum Gasteiger partial charge on any atom is -0.322 e. The highest BCUT2D eigenvalue weighted by atomic mass is 16.1. The topological polar surface area (TPSA) is 69.8 Å².